The Labute approximate surface area is 190 Å². The van der Waals surface area contributed by atoms with Crippen LogP contribution in [-0.2, 0) is 11.3 Å². The van der Waals surface area contributed by atoms with Crippen LogP contribution < -0.4 is 4.74 Å². The summed E-state index contributed by atoms with van der Waals surface area (Å²) in [6.45, 7) is 0.610. The third kappa shape index (κ3) is 4.31. The lowest BCUT2D eigenvalue weighted by Gasteiger charge is -2.22. The summed E-state index contributed by atoms with van der Waals surface area (Å²) in [5.74, 6) is 1.27. The Morgan fingerprint density at radius 3 is 2.62 bits per heavy atom. The second kappa shape index (κ2) is 9.00. The highest BCUT2D eigenvalue weighted by molar-refractivity contribution is 8.00. The third-order valence-corrected chi connectivity index (χ3v) is 6.47. The second-order valence-electron chi connectivity index (χ2n) is 7.70. The van der Waals surface area contributed by atoms with Crippen LogP contribution in [0.25, 0.3) is 16.7 Å². The minimum atomic E-state index is 0.121. The Kier molecular flexibility index (Phi) is 5.77. The number of methoxy groups -OCH3 is 1. The first kappa shape index (κ1) is 20.5. The van der Waals surface area contributed by atoms with Gasteiger partial charge in [0.2, 0.25) is 5.91 Å². The van der Waals surface area contributed by atoms with Crippen molar-refractivity contribution < 1.29 is 9.53 Å². The van der Waals surface area contributed by atoms with Crippen LogP contribution in [0, 0.1) is 0 Å². The number of carbonyl (C=O) groups excluding carboxylic acids is 1. The molecular formula is C24H23N5O2S. The number of thioether (sulfide) groups is 1. The zero-order valence-electron chi connectivity index (χ0n) is 17.7. The number of hydrogen-bond acceptors (Lipinski definition) is 6. The zero-order chi connectivity index (χ0) is 21.9. The van der Waals surface area contributed by atoms with Gasteiger partial charge >= 0.3 is 0 Å². The van der Waals surface area contributed by atoms with E-state index >= 15 is 0 Å². The number of para-hydroxylation sites is 1. The predicted octanol–water partition coefficient (Wildman–Crippen LogP) is 4.11. The van der Waals surface area contributed by atoms with Gasteiger partial charge in [-0.05, 0) is 42.7 Å². The van der Waals surface area contributed by atoms with Crippen molar-refractivity contribution in [3.8, 4) is 11.4 Å². The predicted molar refractivity (Wildman–Crippen MR) is 124 cm³/mol. The van der Waals surface area contributed by atoms with E-state index in [1.807, 2.05) is 59.5 Å². The molecule has 0 unspecified atom stereocenters. The van der Waals surface area contributed by atoms with Gasteiger partial charge in [0, 0.05) is 12.6 Å². The summed E-state index contributed by atoms with van der Waals surface area (Å²) in [4.78, 5) is 23.9. The molecule has 4 aromatic rings. The first-order chi connectivity index (χ1) is 15.7. The molecule has 1 aliphatic rings. The van der Waals surface area contributed by atoms with Gasteiger partial charge in [0.1, 0.15) is 17.1 Å². The monoisotopic (exact) mass is 445 g/mol. The Balaban J connectivity index is 1.31. The Morgan fingerprint density at radius 2 is 1.91 bits per heavy atom. The largest absolute Gasteiger partial charge is 0.497 e. The lowest BCUT2D eigenvalue weighted by atomic mass is 10.2. The van der Waals surface area contributed by atoms with E-state index < -0.39 is 0 Å². The van der Waals surface area contributed by atoms with Crippen molar-refractivity contribution in [3.05, 3.63) is 72.7 Å². The molecule has 162 valence electrons. The number of ether oxygens (including phenoxy) is 1. The summed E-state index contributed by atoms with van der Waals surface area (Å²) in [7, 11) is 1.65. The van der Waals surface area contributed by atoms with Gasteiger partial charge in [-0.25, -0.2) is 14.6 Å². The number of nitrogens with zero attached hydrogens (tertiary/aromatic N) is 5. The molecular weight excluding hydrogens is 422 g/mol. The average Bonchev–Trinajstić information content (AvgIpc) is 3.59. The van der Waals surface area contributed by atoms with Gasteiger partial charge in [-0.2, -0.15) is 5.10 Å². The van der Waals surface area contributed by atoms with Gasteiger partial charge in [-0.15, -0.1) is 0 Å². The number of rotatable bonds is 8. The number of benzene rings is 2. The highest BCUT2D eigenvalue weighted by Gasteiger charge is 2.32. The average molecular weight is 446 g/mol. The van der Waals surface area contributed by atoms with Gasteiger partial charge in [-0.1, -0.05) is 42.1 Å². The molecule has 0 aliphatic heterocycles. The number of amides is 1. The quantitative estimate of drug-likeness (QED) is 0.300. The van der Waals surface area contributed by atoms with E-state index in [1.165, 1.54) is 18.1 Å². The summed E-state index contributed by atoms with van der Waals surface area (Å²) >= 11 is 1.44. The molecule has 1 aliphatic carbocycles. The molecule has 1 saturated carbocycles. The van der Waals surface area contributed by atoms with E-state index in [9.17, 15) is 4.79 Å². The SMILES string of the molecule is COc1ccc(CN(C(=O)CSc2ncnc3c2cnn3-c2ccccc2)C2CC2)cc1. The number of hydrogen-bond donors (Lipinski definition) is 0. The van der Waals surface area contributed by atoms with Gasteiger partial charge in [0.05, 0.1) is 30.1 Å². The zero-order valence-corrected chi connectivity index (χ0v) is 18.5. The summed E-state index contributed by atoms with van der Waals surface area (Å²) in [5, 5.41) is 6.11. The van der Waals surface area contributed by atoms with Crippen LogP contribution in [0.15, 0.2) is 72.1 Å². The molecule has 1 amide bonds. The molecule has 8 heteroatoms. The summed E-state index contributed by atoms with van der Waals surface area (Å²) < 4.78 is 7.03. The third-order valence-electron chi connectivity index (χ3n) is 5.48. The smallest absolute Gasteiger partial charge is 0.233 e. The molecule has 0 bridgehead atoms. The highest BCUT2D eigenvalue weighted by Crippen LogP contribution is 2.31. The van der Waals surface area contributed by atoms with E-state index in [2.05, 4.69) is 15.1 Å². The van der Waals surface area contributed by atoms with Crippen molar-refractivity contribution in [3.63, 3.8) is 0 Å². The molecule has 2 heterocycles. The maximum atomic E-state index is 13.1. The fraction of sp³-hybridized carbons (Fsp3) is 0.250. The molecule has 1 fully saturated rings. The van der Waals surface area contributed by atoms with Crippen molar-refractivity contribution in [2.45, 2.75) is 30.5 Å². The Morgan fingerprint density at radius 1 is 1.12 bits per heavy atom. The number of aromatic nitrogens is 4. The maximum Gasteiger partial charge on any atom is 0.233 e. The summed E-state index contributed by atoms with van der Waals surface area (Å²) in [5.41, 5.74) is 2.77. The molecule has 0 N–H and O–H groups in total. The topological polar surface area (TPSA) is 73.1 Å². The lowest BCUT2D eigenvalue weighted by Crippen LogP contribution is -2.34. The second-order valence-corrected chi connectivity index (χ2v) is 8.66. The summed E-state index contributed by atoms with van der Waals surface area (Å²) in [6.07, 6.45) is 5.43. The molecule has 0 atom stereocenters. The molecule has 32 heavy (non-hydrogen) atoms. The van der Waals surface area contributed by atoms with Crippen molar-refractivity contribution in [2.24, 2.45) is 0 Å². The first-order valence-corrected chi connectivity index (χ1v) is 11.5. The lowest BCUT2D eigenvalue weighted by molar-refractivity contribution is -0.129. The molecule has 5 rings (SSSR count). The molecule has 0 radical (unpaired) electrons. The van der Waals surface area contributed by atoms with Crippen LogP contribution in [0.3, 0.4) is 0 Å². The number of carbonyl (C=O) groups is 1. The van der Waals surface area contributed by atoms with Crippen LogP contribution in [0.1, 0.15) is 18.4 Å². The van der Waals surface area contributed by atoms with Crippen LogP contribution in [0.4, 0.5) is 0 Å². The molecule has 2 aromatic heterocycles. The summed E-state index contributed by atoms with van der Waals surface area (Å²) in [6, 6.07) is 18.1. The minimum absolute atomic E-state index is 0.121. The van der Waals surface area contributed by atoms with Crippen molar-refractivity contribution in [1.29, 1.82) is 0 Å². The van der Waals surface area contributed by atoms with Crippen molar-refractivity contribution in [1.82, 2.24) is 24.6 Å². The van der Waals surface area contributed by atoms with Crippen LogP contribution in [0.2, 0.25) is 0 Å². The van der Waals surface area contributed by atoms with Gasteiger partial charge < -0.3 is 9.64 Å². The van der Waals surface area contributed by atoms with Crippen molar-refractivity contribution >= 4 is 28.7 Å². The van der Waals surface area contributed by atoms with Crippen molar-refractivity contribution in [2.75, 3.05) is 12.9 Å². The van der Waals surface area contributed by atoms with Crippen LogP contribution >= 0.6 is 11.8 Å². The first-order valence-electron chi connectivity index (χ1n) is 10.5. The maximum absolute atomic E-state index is 13.1. The van der Waals surface area contributed by atoms with E-state index in [1.54, 1.807) is 18.0 Å². The Bertz CT molecular complexity index is 1220. The number of fused-ring (bicyclic) bond motifs is 1. The van der Waals surface area contributed by atoms with E-state index in [0.717, 1.165) is 45.9 Å². The van der Waals surface area contributed by atoms with Crippen LogP contribution in [-0.4, -0.2) is 49.5 Å². The Hall–Kier alpha value is -3.39. The molecule has 0 saturated heterocycles. The van der Waals surface area contributed by atoms with Gasteiger partial charge in [-0.3, -0.25) is 4.79 Å². The van der Waals surface area contributed by atoms with Crippen LogP contribution in [0.5, 0.6) is 5.75 Å². The van der Waals surface area contributed by atoms with E-state index in [-0.39, 0.29) is 5.91 Å². The molecule has 2 aromatic carbocycles. The molecule has 0 spiro atoms. The molecule has 7 nitrogen and oxygen atoms in total. The van der Waals surface area contributed by atoms with E-state index in [4.69, 9.17) is 4.74 Å². The standard InChI is InChI=1S/C24H23N5O2S/c1-31-20-11-7-17(8-12-20)14-28(18-9-10-18)22(30)15-32-24-21-13-27-29(23(21)25-16-26-24)19-5-3-2-4-6-19/h2-8,11-13,16,18H,9-10,14-15H2,1H3. The van der Waals surface area contributed by atoms with E-state index in [0.29, 0.717) is 18.3 Å². The fourth-order valence-electron chi connectivity index (χ4n) is 3.64. The fourth-order valence-corrected chi connectivity index (χ4v) is 4.49. The normalized spacial score (nSPS) is 13.3. The minimum Gasteiger partial charge on any atom is -0.497 e. The van der Waals surface area contributed by atoms with Gasteiger partial charge in [0.15, 0.2) is 5.65 Å². The highest BCUT2D eigenvalue weighted by atomic mass is 32.2. The van der Waals surface area contributed by atoms with Gasteiger partial charge in [0.25, 0.3) is 0 Å².